The Hall–Kier alpha value is -1.82. The van der Waals surface area contributed by atoms with Crippen molar-refractivity contribution in [2.75, 3.05) is 11.9 Å². The summed E-state index contributed by atoms with van der Waals surface area (Å²) < 4.78 is 6.63. The summed E-state index contributed by atoms with van der Waals surface area (Å²) >= 11 is 13.9. The van der Waals surface area contributed by atoms with Crippen molar-refractivity contribution >= 4 is 55.8 Å². The SMILES string of the molecule is CCCCOc1c(Cl)cc(C(=O)Nc2nc3ccc(C)cc3s2)cc1Cl. The molecule has 1 amide bonds. The Kier molecular flexibility index (Phi) is 6.01. The maximum absolute atomic E-state index is 12.5. The number of nitrogens with zero attached hydrogens (tertiary/aromatic N) is 1. The van der Waals surface area contributed by atoms with Gasteiger partial charge >= 0.3 is 0 Å². The second-order valence-corrected chi connectivity index (χ2v) is 7.76. The fourth-order valence-electron chi connectivity index (χ4n) is 2.40. The number of thiazole rings is 1. The van der Waals surface area contributed by atoms with Crippen LogP contribution in [0.15, 0.2) is 30.3 Å². The highest BCUT2D eigenvalue weighted by atomic mass is 35.5. The zero-order valence-corrected chi connectivity index (χ0v) is 16.8. The molecule has 3 rings (SSSR count). The molecule has 0 atom stereocenters. The molecule has 1 heterocycles. The van der Waals surface area contributed by atoms with Crippen LogP contribution in [0.1, 0.15) is 35.7 Å². The van der Waals surface area contributed by atoms with Crippen LogP contribution in [0.4, 0.5) is 5.13 Å². The Balaban J connectivity index is 1.78. The number of nitrogens with one attached hydrogen (secondary N) is 1. The van der Waals surface area contributed by atoms with Gasteiger partial charge in [-0.15, -0.1) is 0 Å². The lowest BCUT2D eigenvalue weighted by Gasteiger charge is -2.11. The van der Waals surface area contributed by atoms with Crippen LogP contribution in [0.5, 0.6) is 5.75 Å². The molecule has 136 valence electrons. The molecule has 2 aromatic carbocycles. The van der Waals surface area contributed by atoms with Crippen LogP contribution in [-0.2, 0) is 0 Å². The number of fused-ring (bicyclic) bond motifs is 1. The third-order valence-electron chi connectivity index (χ3n) is 3.77. The Morgan fingerprint density at radius 2 is 1.96 bits per heavy atom. The van der Waals surface area contributed by atoms with Crippen LogP contribution in [0, 0.1) is 6.92 Å². The summed E-state index contributed by atoms with van der Waals surface area (Å²) in [6.07, 6.45) is 1.92. The molecule has 0 aliphatic rings. The van der Waals surface area contributed by atoms with Crippen molar-refractivity contribution < 1.29 is 9.53 Å². The molecular formula is C19H18Cl2N2O2S. The number of halogens is 2. The number of aromatic nitrogens is 1. The summed E-state index contributed by atoms with van der Waals surface area (Å²) in [5.74, 6) is 0.0958. The molecule has 26 heavy (non-hydrogen) atoms. The number of benzene rings is 2. The summed E-state index contributed by atoms with van der Waals surface area (Å²) in [4.78, 5) is 17.0. The van der Waals surface area contributed by atoms with E-state index in [0.717, 1.165) is 28.6 Å². The molecule has 7 heteroatoms. The van der Waals surface area contributed by atoms with Gasteiger partial charge in [0.25, 0.3) is 5.91 Å². The number of carbonyl (C=O) groups excluding carboxylic acids is 1. The largest absolute Gasteiger partial charge is 0.490 e. The molecule has 0 unspecified atom stereocenters. The van der Waals surface area contributed by atoms with Crippen LogP contribution in [0.2, 0.25) is 10.0 Å². The van der Waals surface area contributed by atoms with Gasteiger partial charge in [0.15, 0.2) is 10.9 Å². The summed E-state index contributed by atoms with van der Waals surface area (Å²) in [5.41, 5.74) is 2.36. The number of aryl methyl sites for hydroxylation is 1. The number of anilines is 1. The maximum atomic E-state index is 12.5. The molecule has 0 fully saturated rings. The highest BCUT2D eigenvalue weighted by Crippen LogP contribution is 2.35. The standard InChI is InChI=1S/C19H18Cl2N2O2S/c1-3-4-7-25-17-13(20)9-12(10-14(17)21)18(24)23-19-22-15-6-5-11(2)8-16(15)26-19/h5-6,8-10H,3-4,7H2,1-2H3,(H,22,23,24). The van der Waals surface area contributed by atoms with Crippen molar-refractivity contribution in [2.45, 2.75) is 26.7 Å². The van der Waals surface area contributed by atoms with E-state index < -0.39 is 0 Å². The van der Waals surface area contributed by atoms with E-state index in [-0.39, 0.29) is 5.91 Å². The molecule has 0 aliphatic heterocycles. The first-order chi connectivity index (χ1) is 12.5. The van der Waals surface area contributed by atoms with Crippen LogP contribution >= 0.6 is 34.5 Å². The van der Waals surface area contributed by atoms with E-state index in [9.17, 15) is 4.79 Å². The lowest BCUT2D eigenvalue weighted by Crippen LogP contribution is -2.12. The van der Waals surface area contributed by atoms with E-state index in [1.807, 2.05) is 25.1 Å². The lowest BCUT2D eigenvalue weighted by atomic mass is 10.2. The third-order valence-corrected chi connectivity index (χ3v) is 5.26. The van der Waals surface area contributed by atoms with Gasteiger partial charge in [0.1, 0.15) is 0 Å². The minimum Gasteiger partial charge on any atom is -0.490 e. The van der Waals surface area contributed by atoms with Crippen LogP contribution in [0.3, 0.4) is 0 Å². The van der Waals surface area contributed by atoms with E-state index in [1.165, 1.54) is 11.3 Å². The average molecular weight is 409 g/mol. The molecule has 0 saturated carbocycles. The van der Waals surface area contributed by atoms with Crippen LogP contribution in [0.25, 0.3) is 10.2 Å². The normalized spacial score (nSPS) is 10.9. The highest BCUT2D eigenvalue weighted by Gasteiger charge is 2.16. The number of ether oxygens (including phenoxy) is 1. The fourth-order valence-corrected chi connectivity index (χ4v) is 3.96. The van der Waals surface area contributed by atoms with E-state index in [2.05, 4.69) is 17.2 Å². The first-order valence-electron chi connectivity index (χ1n) is 8.28. The van der Waals surface area contributed by atoms with Gasteiger partial charge < -0.3 is 4.74 Å². The summed E-state index contributed by atoms with van der Waals surface area (Å²) in [6, 6.07) is 9.08. The minimum atomic E-state index is -0.315. The van der Waals surface area contributed by atoms with Gasteiger partial charge in [-0.25, -0.2) is 4.98 Å². The quantitative estimate of drug-likeness (QED) is 0.483. The van der Waals surface area contributed by atoms with Gasteiger partial charge in [-0.2, -0.15) is 0 Å². The molecule has 0 aliphatic carbocycles. The van der Waals surface area contributed by atoms with Crippen molar-refractivity contribution in [3.05, 3.63) is 51.5 Å². The van der Waals surface area contributed by atoms with Crippen molar-refractivity contribution in [1.82, 2.24) is 4.98 Å². The fraction of sp³-hybridized carbons (Fsp3) is 0.263. The molecule has 0 saturated heterocycles. The van der Waals surface area contributed by atoms with E-state index in [4.69, 9.17) is 27.9 Å². The lowest BCUT2D eigenvalue weighted by molar-refractivity contribution is 0.102. The monoisotopic (exact) mass is 408 g/mol. The van der Waals surface area contributed by atoms with Gasteiger partial charge in [0, 0.05) is 5.56 Å². The second kappa shape index (κ2) is 8.25. The van der Waals surface area contributed by atoms with Crippen molar-refractivity contribution in [1.29, 1.82) is 0 Å². The Bertz CT molecular complexity index is 933. The predicted octanol–water partition coefficient (Wildman–Crippen LogP) is 6.34. The third kappa shape index (κ3) is 4.29. The predicted molar refractivity (Wildman–Crippen MR) is 109 cm³/mol. The van der Waals surface area contributed by atoms with Gasteiger partial charge in [-0.3, -0.25) is 10.1 Å². The van der Waals surface area contributed by atoms with E-state index >= 15 is 0 Å². The smallest absolute Gasteiger partial charge is 0.257 e. The van der Waals surface area contributed by atoms with Crippen LogP contribution in [-0.4, -0.2) is 17.5 Å². The molecule has 4 nitrogen and oxygen atoms in total. The van der Waals surface area contributed by atoms with E-state index in [1.54, 1.807) is 12.1 Å². The van der Waals surface area contributed by atoms with Gasteiger partial charge in [0.2, 0.25) is 0 Å². The Morgan fingerprint density at radius 3 is 2.65 bits per heavy atom. The zero-order valence-electron chi connectivity index (χ0n) is 14.4. The Labute approximate surface area is 166 Å². The second-order valence-electron chi connectivity index (χ2n) is 5.92. The molecule has 1 N–H and O–H groups in total. The molecular weight excluding hydrogens is 391 g/mol. The maximum Gasteiger partial charge on any atom is 0.257 e. The highest BCUT2D eigenvalue weighted by molar-refractivity contribution is 7.22. The molecule has 0 radical (unpaired) electrons. The number of hydrogen-bond acceptors (Lipinski definition) is 4. The Morgan fingerprint density at radius 1 is 1.23 bits per heavy atom. The number of unbranched alkanes of at least 4 members (excludes halogenated alkanes) is 1. The molecule has 1 aromatic heterocycles. The summed E-state index contributed by atoms with van der Waals surface area (Å²) in [6.45, 7) is 4.63. The topological polar surface area (TPSA) is 51.2 Å². The average Bonchev–Trinajstić information content (AvgIpc) is 2.98. The van der Waals surface area contributed by atoms with Gasteiger partial charge in [-0.05, 0) is 43.2 Å². The van der Waals surface area contributed by atoms with Crippen molar-refractivity contribution in [2.24, 2.45) is 0 Å². The summed E-state index contributed by atoms with van der Waals surface area (Å²) in [7, 11) is 0. The first-order valence-corrected chi connectivity index (χ1v) is 9.85. The number of amides is 1. The number of hydrogen-bond donors (Lipinski definition) is 1. The number of rotatable bonds is 6. The molecule has 0 bridgehead atoms. The van der Waals surface area contributed by atoms with Gasteiger partial charge in [-0.1, -0.05) is 53.9 Å². The van der Waals surface area contributed by atoms with Crippen molar-refractivity contribution in [3.63, 3.8) is 0 Å². The van der Waals surface area contributed by atoms with Crippen LogP contribution < -0.4 is 10.1 Å². The molecule has 3 aromatic rings. The zero-order chi connectivity index (χ0) is 18.7. The first kappa shape index (κ1) is 19.0. The van der Waals surface area contributed by atoms with E-state index in [0.29, 0.717) is 33.1 Å². The van der Waals surface area contributed by atoms with Crippen molar-refractivity contribution in [3.8, 4) is 5.75 Å². The molecule has 0 spiro atoms. The van der Waals surface area contributed by atoms with Gasteiger partial charge in [0.05, 0.1) is 26.9 Å². The minimum absolute atomic E-state index is 0.315. The number of carbonyl (C=O) groups is 1. The summed E-state index contributed by atoms with van der Waals surface area (Å²) in [5, 5.41) is 3.97.